The maximum Gasteiger partial charge on any atom is 0 e. The number of benzene rings is 6. The summed E-state index contributed by atoms with van der Waals surface area (Å²) in [5.41, 5.74) is 8.57. The maximum atomic E-state index is 13.7. The third kappa shape index (κ3) is 15.2. The summed E-state index contributed by atoms with van der Waals surface area (Å²) in [6.45, 7) is 7.33. The summed E-state index contributed by atoms with van der Waals surface area (Å²) in [6.07, 6.45) is 0. The third-order valence-electron chi connectivity index (χ3n) is 12.0. The van der Waals surface area contributed by atoms with Crippen molar-refractivity contribution in [1.82, 2.24) is 39.1 Å². The van der Waals surface area contributed by atoms with Gasteiger partial charge in [-0.3, -0.25) is 28.9 Å². The molecule has 23 nitrogen and oxygen atoms in total. The fourth-order valence-electron chi connectivity index (χ4n) is 8.83. The molecule has 0 bridgehead atoms. The molecule has 418 valence electrons. The Labute approximate surface area is 484 Å². The molecule has 2 atom stereocenters. The number of rotatable bonds is 10. The number of hydrogen-bond acceptors (Lipinski definition) is 11. The molecule has 0 radical (unpaired) electrons. The zero-order valence-electron chi connectivity index (χ0n) is 43.1. The number of nitrogens with zero attached hydrogens (tertiary/aromatic N) is 6. The van der Waals surface area contributed by atoms with Gasteiger partial charge >= 0.3 is 34.1 Å². The van der Waals surface area contributed by atoms with Crippen LogP contribution in [0.3, 0.4) is 0 Å². The van der Waals surface area contributed by atoms with Gasteiger partial charge in [0.2, 0.25) is 11.8 Å². The Morgan fingerprint density at radius 1 is 0.438 bits per heavy atom. The van der Waals surface area contributed by atoms with E-state index in [4.69, 9.17) is 20.8 Å². The maximum absolute atomic E-state index is 13.7. The van der Waals surface area contributed by atoms with Gasteiger partial charge in [0.05, 0.1) is 45.3 Å². The Bertz CT molecular complexity index is 3540. The minimum absolute atomic E-state index is 0. The molecule has 0 saturated carbocycles. The van der Waals surface area contributed by atoms with Crippen LogP contribution in [0, 0.1) is 27.7 Å². The number of H-pyrrole nitrogens is 2. The molecule has 0 amide bonds. The van der Waals surface area contributed by atoms with Crippen LogP contribution in [0.2, 0.25) is 0 Å². The Balaban J connectivity index is 0.000000464. The van der Waals surface area contributed by atoms with Crippen molar-refractivity contribution in [2.45, 2.75) is 39.5 Å². The summed E-state index contributed by atoms with van der Waals surface area (Å²) in [6, 6.07) is 50.7. The van der Waals surface area contributed by atoms with Crippen molar-refractivity contribution < 1.29 is 105 Å². The molecular weight excluding hydrogens is 1130 g/mol. The zero-order valence-corrected chi connectivity index (χ0v) is 47.1. The minimum Gasteiger partial charge on any atom is 0 e. The number of phenolic OH excluding ortho intramolecular Hbond substituents is 2. The zero-order chi connectivity index (χ0) is 54.1. The second kappa shape index (κ2) is 29.8. The van der Waals surface area contributed by atoms with E-state index >= 15 is 0 Å². The summed E-state index contributed by atoms with van der Waals surface area (Å²) in [5, 5.41) is 58.0. The van der Waals surface area contributed by atoms with Gasteiger partial charge in [0.15, 0.2) is 0 Å². The summed E-state index contributed by atoms with van der Waals surface area (Å²) in [5.74, 6) is -1.04. The average molecular weight is 1190 g/mol. The Morgan fingerprint density at radius 3 is 0.950 bits per heavy atom. The van der Waals surface area contributed by atoms with Gasteiger partial charge in [0.1, 0.15) is 11.5 Å². The van der Waals surface area contributed by atoms with E-state index in [2.05, 4.69) is 20.4 Å². The first-order valence-corrected chi connectivity index (χ1v) is 24.8. The molecule has 0 aliphatic carbocycles. The normalized spacial score (nSPS) is 11.0. The SMILES string of the molecule is Cc1nn(-c2ccccc2)c(O)c1C(c1ccc(O)cc1)c1c(C)[nH]n(-c2ccccc2)c1=O.Cc1nn(-c2ccccc2)c(O)c1C(c1ccc(O)cc1)c1c(C)[nH]n(-c2ccccc2)c1=O.O.O.O.O.O=S(=O)(O)O.[O]=[Ti].[Ti]. The number of aryl methyl sites for hydroxylation is 4. The van der Waals surface area contributed by atoms with Gasteiger partial charge in [0.25, 0.3) is 11.1 Å². The van der Waals surface area contributed by atoms with Gasteiger partial charge in [-0.15, -0.1) is 0 Å². The molecule has 2 unspecified atom stereocenters. The van der Waals surface area contributed by atoms with Gasteiger partial charge < -0.3 is 42.3 Å². The Morgan fingerprint density at radius 2 is 0.688 bits per heavy atom. The van der Waals surface area contributed by atoms with Crippen LogP contribution >= 0.6 is 0 Å². The van der Waals surface area contributed by atoms with E-state index in [1.54, 1.807) is 48.5 Å². The topological polar surface area (TPSA) is 410 Å². The van der Waals surface area contributed by atoms with Gasteiger partial charge in [-0.1, -0.05) is 97.1 Å². The fraction of sp³-hybridized carbons (Fsp3) is 0.111. The molecule has 16 N–H and O–H groups in total. The van der Waals surface area contributed by atoms with Gasteiger partial charge in [0, 0.05) is 56.1 Å². The van der Waals surface area contributed by atoms with Crippen molar-refractivity contribution in [3.63, 3.8) is 0 Å². The Hall–Kier alpha value is -8.10. The summed E-state index contributed by atoms with van der Waals surface area (Å²) in [4.78, 5) is 27.4. The number of hydrogen-bond donors (Lipinski definition) is 8. The van der Waals surface area contributed by atoms with E-state index in [1.165, 1.54) is 18.7 Å². The van der Waals surface area contributed by atoms with Crippen molar-refractivity contribution in [3.05, 3.63) is 247 Å². The molecule has 6 aromatic carbocycles. The van der Waals surface area contributed by atoms with E-state index in [9.17, 15) is 30.0 Å². The van der Waals surface area contributed by atoms with Gasteiger partial charge in [-0.25, -0.2) is 18.7 Å². The van der Waals surface area contributed by atoms with Gasteiger partial charge in [-0.05, 0) is 112 Å². The minimum atomic E-state index is -4.67. The summed E-state index contributed by atoms with van der Waals surface area (Å²) < 4.78 is 45.8. The van der Waals surface area contributed by atoms with Crippen molar-refractivity contribution in [1.29, 1.82) is 0 Å². The monoisotopic (exact) mass is 1190 g/mol. The van der Waals surface area contributed by atoms with Crippen LogP contribution in [0.1, 0.15) is 68.0 Å². The van der Waals surface area contributed by atoms with Crippen LogP contribution in [-0.2, 0) is 55.8 Å². The second-order valence-electron chi connectivity index (χ2n) is 16.9. The van der Waals surface area contributed by atoms with Crippen LogP contribution < -0.4 is 11.1 Å². The third-order valence-corrected chi connectivity index (χ3v) is 12.0. The molecular formula is C54H58N8O15STi2. The quantitative estimate of drug-likeness (QED) is 0.0658. The first-order chi connectivity index (χ1) is 35.9. The van der Waals surface area contributed by atoms with E-state index in [-0.39, 0.29) is 78.0 Å². The molecule has 4 aromatic heterocycles. The number of phenols is 2. The van der Waals surface area contributed by atoms with Crippen molar-refractivity contribution in [2.24, 2.45) is 0 Å². The first kappa shape index (κ1) is 68.0. The largest absolute Gasteiger partial charge is 0 e. The first-order valence-electron chi connectivity index (χ1n) is 22.8. The van der Waals surface area contributed by atoms with Crippen LogP contribution in [0.15, 0.2) is 179 Å². The predicted molar refractivity (Wildman–Crippen MR) is 290 cm³/mol. The van der Waals surface area contributed by atoms with Crippen LogP contribution in [0.4, 0.5) is 0 Å². The number of nitrogens with one attached hydrogen (secondary N) is 2. The van der Waals surface area contributed by atoms with E-state index in [1.807, 2.05) is 149 Å². The van der Waals surface area contributed by atoms with E-state index < -0.39 is 22.2 Å². The molecule has 0 fully saturated rings. The van der Waals surface area contributed by atoms with Gasteiger partial charge in [-0.2, -0.15) is 18.6 Å². The predicted octanol–water partition coefficient (Wildman–Crippen LogP) is 5.04. The molecule has 10 aromatic rings. The molecule has 0 aliphatic heterocycles. The summed E-state index contributed by atoms with van der Waals surface area (Å²) >= 11 is 0.750. The van der Waals surface area contributed by atoms with Crippen LogP contribution in [0.25, 0.3) is 22.7 Å². The molecule has 10 rings (SSSR count). The molecule has 4 heterocycles. The molecule has 80 heavy (non-hydrogen) atoms. The molecule has 26 heteroatoms. The number of aromatic amines is 2. The molecule has 0 spiro atoms. The fourth-order valence-corrected chi connectivity index (χ4v) is 8.83. The number of aromatic nitrogens is 8. The van der Waals surface area contributed by atoms with Crippen LogP contribution in [-0.4, -0.2) is 99.0 Å². The van der Waals surface area contributed by atoms with Crippen molar-refractivity contribution in [3.8, 4) is 46.0 Å². The standard InChI is InChI=1S/2C27H24N4O3.H2O4S.4H2O.O.2Ti/c2*1-17-23(26(33)30(28-17)20-9-5-3-6-10-20)25(19-13-15-22(32)16-14-19)24-18(2)29-31(27(24)34)21-11-7-4-8-12-21;1-5(2,3)4;;;;;;;/h2*3-16,25,28,32,34H,1-2H3;(H2,1,2,3,4);4*1H2;;;. The Kier molecular flexibility index (Phi) is 25.3. The van der Waals surface area contributed by atoms with Crippen molar-refractivity contribution >= 4 is 10.4 Å². The van der Waals surface area contributed by atoms with Crippen molar-refractivity contribution in [2.75, 3.05) is 0 Å². The molecule has 0 saturated heterocycles. The van der Waals surface area contributed by atoms with E-state index in [0.29, 0.717) is 67.8 Å². The number of para-hydroxylation sites is 4. The number of aromatic hydroxyl groups is 4. The van der Waals surface area contributed by atoms with E-state index in [0.717, 1.165) is 31.5 Å². The smallest absolute Gasteiger partial charge is 0 e. The molecule has 0 aliphatic rings. The van der Waals surface area contributed by atoms with Crippen LogP contribution in [0.5, 0.6) is 23.3 Å². The second-order valence-corrected chi connectivity index (χ2v) is 17.8. The average Bonchev–Trinajstić information content (AvgIpc) is 4.09. The summed E-state index contributed by atoms with van der Waals surface area (Å²) in [7, 11) is -4.67.